The van der Waals surface area contributed by atoms with Crippen molar-refractivity contribution in [2.24, 2.45) is 5.92 Å². The van der Waals surface area contributed by atoms with Crippen LogP contribution in [0.1, 0.15) is 56.5 Å². The molecule has 2 aliphatic rings. The van der Waals surface area contributed by atoms with E-state index < -0.39 is 0 Å². The molecule has 2 aliphatic heterocycles. The van der Waals surface area contributed by atoms with Crippen molar-refractivity contribution in [2.45, 2.75) is 46.0 Å². The third-order valence-corrected chi connectivity index (χ3v) is 6.17. The van der Waals surface area contributed by atoms with Gasteiger partial charge in [0.25, 0.3) is 5.91 Å². The Balaban J connectivity index is 1.52. The van der Waals surface area contributed by atoms with E-state index in [0.717, 1.165) is 0 Å². The van der Waals surface area contributed by atoms with E-state index in [2.05, 4.69) is 20.8 Å². The third kappa shape index (κ3) is 4.98. The summed E-state index contributed by atoms with van der Waals surface area (Å²) in [5.41, 5.74) is 1.99. The number of likely N-dealkylation sites (tertiary alicyclic amines) is 1. The lowest BCUT2D eigenvalue weighted by atomic mass is 9.86. The second-order valence-corrected chi connectivity index (χ2v) is 9.23. The summed E-state index contributed by atoms with van der Waals surface area (Å²) in [7, 11) is 0. The number of nitrogens with zero attached hydrogens (tertiary/aromatic N) is 3. The molecular weight excluding hydrogens is 366 g/mol. The fourth-order valence-corrected chi connectivity index (χ4v) is 4.12. The van der Waals surface area contributed by atoms with E-state index in [0.29, 0.717) is 57.7 Å². The molecule has 6 heteroatoms. The number of carbonyl (C=O) groups is 3. The quantitative estimate of drug-likeness (QED) is 0.768. The molecule has 0 aliphatic carbocycles. The van der Waals surface area contributed by atoms with Crippen LogP contribution in [0.25, 0.3) is 0 Å². The number of hydrogen-bond acceptors (Lipinski definition) is 3. The minimum absolute atomic E-state index is 0.0220. The predicted octanol–water partition coefficient (Wildman–Crippen LogP) is 2.53. The summed E-state index contributed by atoms with van der Waals surface area (Å²) in [5, 5.41) is 0. The van der Waals surface area contributed by atoms with Crippen LogP contribution < -0.4 is 0 Å². The van der Waals surface area contributed by atoms with Crippen molar-refractivity contribution in [1.29, 1.82) is 0 Å². The van der Waals surface area contributed by atoms with E-state index in [1.54, 1.807) is 11.8 Å². The highest BCUT2D eigenvalue weighted by Gasteiger charge is 2.32. The van der Waals surface area contributed by atoms with Gasteiger partial charge in [0.15, 0.2) is 0 Å². The van der Waals surface area contributed by atoms with Gasteiger partial charge in [0.1, 0.15) is 0 Å². The highest BCUT2D eigenvalue weighted by molar-refractivity contribution is 5.94. The molecule has 0 spiro atoms. The van der Waals surface area contributed by atoms with E-state index in [1.165, 1.54) is 5.56 Å². The fraction of sp³-hybridized carbons (Fsp3) is 0.609. The number of piperidine rings is 1. The largest absolute Gasteiger partial charge is 0.339 e. The molecule has 0 aromatic heterocycles. The molecule has 0 saturated carbocycles. The van der Waals surface area contributed by atoms with Crippen LogP contribution in [-0.4, -0.2) is 71.7 Å². The zero-order chi connectivity index (χ0) is 21.2. The van der Waals surface area contributed by atoms with Gasteiger partial charge in [-0.2, -0.15) is 0 Å². The average molecular weight is 400 g/mol. The molecule has 2 saturated heterocycles. The molecule has 29 heavy (non-hydrogen) atoms. The Labute approximate surface area is 173 Å². The lowest BCUT2D eigenvalue weighted by Gasteiger charge is -2.38. The maximum Gasteiger partial charge on any atom is 0.253 e. The van der Waals surface area contributed by atoms with Gasteiger partial charge >= 0.3 is 0 Å². The molecule has 6 nitrogen and oxygen atoms in total. The van der Waals surface area contributed by atoms with Crippen LogP contribution in [0.15, 0.2) is 24.3 Å². The van der Waals surface area contributed by atoms with Crippen molar-refractivity contribution < 1.29 is 14.4 Å². The second-order valence-electron chi connectivity index (χ2n) is 9.23. The Morgan fingerprint density at radius 3 is 1.79 bits per heavy atom. The first-order valence-electron chi connectivity index (χ1n) is 10.6. The van der Waals surface area contributed by atoms with Crippen LogP contribution in [0.3, 0.4) is 0 Å². The maximum absolute atomic E-state index is 12.8. The van der Waals surface area contributed by atoms with Gasteiger partial charge in [-0.05, 0) is 36.0 Å². The van der Waals surface area contributed by atoms with Gasteiger partial charge < -0.3 is 14.7 Å². The van der Waals surface area contributed by atoms with Crippen molar-refractivity contribution in [1.82, 2.24) is 14.7 Å². The summed E-state index contributed by atoms with van der Waals surface area (Å²) in [6.07, 6.45) is 1.41. The fourth-order valence-electron chi connectivity index (χ4n) is 4.12. The molecule has 0 unspecified atom stereocenters. The van der Waals surface area contributed by atoms with Gasteiger partial charge in [-0.15, -0.1) is 0 Å². The molecule has 158 valence electrons. The van der Waals surface area contributed by atoms with Crippen molar-refractivity contribution in [3.8, 4) is 0 Å². The monoisotopic (exact) mass is 399 g/mol. The van der Waals surface area contributed by atoms with Crippen molar-refractivity contribution in [3.63, 3.8) is 0 Å². The molecular formula is C23H33N3O3. The summed E-state index contributed by atoms with van der Waals surface area (Å²) < 4.78 is 0. The smallest absolute Gasteiger partial charge is 0.253 e. The normalized spacial score (nSPS) is 18.7. The standard InChI is InChI=1S/C23H33N3O3/c1-17(27)24-13-15-26(16-14-24)22(29)19-9-11-25(12-10-19)21(28)18-5-7-20(8-6-18)23(2,3)4/h5-8,19H,9-16H2,1-4H3. The van der Waals surface area contributed by atoms with Gasteiger partial charge in [0.2, 0.25) is 11.8 Å². The van der Waals surface area contributed by atoms with Gasteiger partial charge in [-0.25, -0.2) is 0 Å². The first-order valence-corrected chi connectivity index (χ1v) is 10.6. The van der Waals surface area contributed by atoms with E-state index in [9.17, 15) is 14.4 Å². The zero-order valence-corrected chi connectivity index (χ0v) is 18.1. The summed E-state index contributed by atoms with van der Waals surface area (Å²) >= 11 is 0. The first-order chi connectivity index (χ1) is 13.7. The van der Waals surface area contributed by atoms with E-state index >= 15 is 0 Å². The Morgan fingerprint density at radius 1 is 0.793 bits per heavy atom. The summed E-state index contributed by atoms with van der Waals surface area (Å²) in [4.78, 5) is 42.6. The number of hydrogen-bond donors (Lipinski definition) is 0. The van der Waals surface area contributed by atoms with Crippen molar-refractivity contribution in [2.75, 3.05) is 39.3 Å². The van der Waals surface area contributed by atoms with Gasteiger partial charge in [-0.3, -0.25) is 14.4 Å². The summed E-state index contributed by atoms with van der Waals surface area (Å²) in [5.74, 6) is 0.270. The molecule has 0 radical (unpaired) electrons. The van der Waals surface area contributed by atoms with Gasteiger partial charge in [0, 0.05) is 57.7 Å². The second kappa shape index (κ2) is 8.56. The van der Waals surface area contributed by atoms with Crippen LogP contribution in [0.2, 0.25) is 0 Å². The average Bonchev–Trinajstić information content (AvgIpc) is 2.72. The van der Waals surface area contributed by atoms with Gasteiger partial charge in [-0.1, -0.05) is 32.9 Å². The highest BCUT2D eigenvalue weighted by atomic mass is 16.2. The molecule has 0 atom stereocenters. The number of piperazine rings is 1. The minimum Gasteiger partial charge on any atom is -0.339 e. The molecule has 1 aromatic carbocycles. The lowest BCUT2D eigenvalue weighted by molar-refractivity contribution is -0.142. The number of rotatable bonds is 2. The molecule has 3 rings (SSSR count). The van der Waals surface area contributed by atoms with Gasteiger partial charge in [0.05, 0.1) is 0 Å². The van der Waals surface area contributed by atoms with Crippen LogP contribution in [0, 0.1) is 5.92 Å². The zero-order valence-electron chi connectivity index (χ0n) is 18.1. The van der Waals surface area contributed by atoms with E-state index in [1.807, 2.05) is 34.1 Å². The Morgan fingerprint density at radius 2 is 1.31 bits per heavy atom. The van der Waals surface area contributed by atoms with Crippen molar-refractivity contribution in [3.05, 3.63) is 35.4 Å². The molecule has 2 heterocycles. The topological polar surface area (TPSA) is 60.9 Å². The number of carbonyl (C=O) groups excluding carboxylic acids is 3. The molecule has 0 bridgehead atoms. The number of benzene rings is 1. The van der Waals surface area contributed by atoms with Crippen LogP contribution in [0.5, 0.6) is 0 Å². The lowest BCUT2D eigenvalue weighted by Crippen LogP contribution is -2.52. The SMILES string of the molecule is CC(=O)N1CCN(C(=O)C2CCN(C(=O)c3ccc(C(C)(C)C)cc3)CC2)CC1. The van der Waals surface area contributed by atoms with E-state index in [-0.39, 0.29) is 29.1 Å². The highest BCUT2D eigenvalue weighted by Crippen LogP contribution is 2.25. The third-order valence-electron chi connectivity index (χ3n) is 6.17. The molecule has 2 fully saturated rings. The van der Waals surface area contributed by atoms with E-state index in [4.69, 9.17) is 0 Å². The maximum atomic E-state index is 12.8. The molecule has 0 N–H and O–H groups in total. The first kappa shape index (κ1) is 21.3. The Bertz CT molecular complexity index is 751. The van der Waals surface area contributed by atoms with Crippen LogP contribution in [0.4, 0.5) is 0 Å². The Kier molecular flexibility index (Phi) is 6.30. The van der Waals surface area contributed by atoms with Crippen molar-refractivity contribution >= 4 is 17.7 Å². The molecule has 1 aromatic rings. The predicted molar refractivity (Wildman–Crippen MR) is 113 cm³/mol. The molecule has 3 amide bonds. The summed E-state index contributed by atoms with van der Waals surface area (Å²) in [6.45, 7) is 11.7. The Hall–Kier alpha value is -2.37. The number of amides is 3. The van der Waals surface area contributed by atoms with Crippen LogP contribution >= 0.6 is 0 Å². The minimum atomic E-state index is -0.0220. The summed E-state index contributed by atoms with van der Waals surface area (Å²) in [6, 6.07) is 7.89. The van der Waals surface area contributed by atoms with Crippen LogP contribution in [-0.2, 0) is 15.0 Å².